The van der Waals surface area contributed by atoms with Gasteiger partial charge in [0, 0.05) is 22.2 Å². The Morgan fingerprint density at radius 1 is 1.15 bits per heavy atom. The molecule has 39 heavy (non-hydrogen) atoms. The van der Waals surface area contributed by atoms with E-state index in [4.69, 9.17) is 20.2 Å². The highest BCUT2D eigenvalue weighted by Gasteiger charge is 2.18. The lowest BCUT2D eigenvalue weighted by atomic mass is 10.1. The van der Waals surface area contributed by atoms with E-state index in [1.165, 1.54) is 22.7 Å². The highest BCUT2D eigenvalue weighted by Crippen LogP contribution is 2.38. The maximum absolute atomic E-state index is 12.7. The van der Waals surface area contributed by atoms with Crippen LogP contribution >= 0.6 is 22.7 Å². The quantitative estimate of drug-likeness (QED) is 0.219. The molecular formula is C27H26N6O4S2. The maximum Gasteiger partial charge on any atom is 0.321 e. The number of carbonyl (C=O) groups is 2. The second-order valence-electron chi connectivity index (χ2n) is 8.58. The Morgan fingerprint density at radius 2 is 2.03 bits per heavy atom. The van der Waals surface area contributed by atoms with Gasteiger partial charge in [0.15, 0.2) is 5.13 Å². The molecule has 5 N–H and O–H groups in total. The zero-order chi connectivity index (χ0) is 27.2. The van der Waals surface area contributed by atoms with E-state index in [0.29, 0.717) is 38.6 Å². The summed E-state index contributed by atoms with van der Waals surface area (Å²) in [6.07, 6.45) is 5.37. The normalized spacial score (nSPS) is 14.3. The van der Waals surface area contributed by atoms with Gasteiger partial charge in [0.1, 0.15) is 27.6 Å². The van der Waals surface area contributed by atoms with Gasteiger partial charge in [0.2, 0.25) is 0 Å². The van der Waals surface area contributed by atoms with E-state index < -0.39 is 0 Å². The van der Waals surface area contributed by atoms with Gasteiger partial charge < -0.3 is 25.8 Å². The summed E-state index contributed by atoms with van der Waals surface area (Å²) in [5.41, 5.74) is 8.85. The number of allylic oxidation sites excluding steroid dienone is 1. The lowest BCUT2D eigenvalue weighted by Crippen LogP contribution is -2.36. The minimum Gasteiger partial charge on any atom is -0.497 e. The number of nitrogens with zero attached hydrogens (tertiary/aromatic N) is 2. The summed E-state index contributed by atoms with van der Waals surface area (Å²) in [6.45, 7) is 0.402. The highest BCUT2D eigenvalue weighted by molar-refractivity contribution is 7.23. The molecule has 0 saturated heterocycles. The summed E-state index contributed by atoms with van der Waals surface area (Å²) in [6, 6.07) is 14.0. The van der Waals surface area contributed by atoms with Crippen LogP contribution in [0.1, 0.15) is 23.2 Å². The Bertz CT molecular complexity index is 1520. The number of hydrogen-bond donors (Lipinski definition) is 4. The van der Waals surface area contributed by atoms with E-state index in [2.05, 4.69) is 20.9 Å². The van der Waals surface area contributed by atoms with Crippen molar-refractivity contribution >= 4 is 51.2 Å². The average molecular weight is 563 g/mol. The molecule has 12 heteroatoms. The van der Waals surface area contributed by atoms with Crippen LogP contribution in [0.2, 0.25) is 0 Å². The number of hydrogen-bond acceptors (Lipinski definition) is 9. The molecule has 200 valence electrons. The predicted molar refractivity (Wildman–Crippen MR) is 154 cm³/mol. The molecule has 0 fully saturated rings. The number of ether oxygens (including phenoxy) is 2. The summed E-state index contributed by atoms with van der Waals surface area (Å²) in [5, 5.41) is 11.4. The number of benzene rings is 2. The highest BCUT2D eigenvalue weighted by atomic mass is 32.1. The van der Waals surface area contributed by atoms with Crippen molar-refractivity contribution in [1.29, 1.82) is 0 Å². The molecule has 0 aliphatic carbocycles. The van der Waals surface area contributed by atoms with Crippen molar-refractivity contribution in [2.24, 2.45) is 0 Å². The first kappa shape index (κ1) is 26.2. The Labute approximate surface area is 232 Å². The monoisotopic (exact) mass is 562 g/mol. The minimum absolute atomic E-state index is 0.0416. The smallest absolute Gasteiger partial charge is 0.321 e. The SMILES string of the molecule is COc1cccc(C(=O)Nc2cccc(-c3csc(-c4sc(NC(=O)NCC5CCC=CO5)nc4N)n3)c2)c1. The van der Waals surface area contributed by atoms with E-state index in [-0.39, 0.29) is 23.9 Å². The van der Waals surface area contributed by atoms with Crippen molar-refractivity contribution in [2.45, 2.75) is 18.9 Å². The minimum atomic E-state index is -0.374. The van der Waals surface area contributed by atoms with Crippen LogP contribution in [0.4, 0.5) is 21.4 Å². The molecule has 2 aromatic carbocycles. The number of methoxy groups -OCH3 is 1. The van der Waals surface area contributed by atoms with Gasteiger partial charge >= 0.3 is 6.03 Å². The van der Waals surface area contributed by atoms with E-state index in [1.807, 2.05) is 35.7 Å². The molecule has 2 aromatic heterocycles. The van der Waals surface area contributed by atoms with Gasteiger partial charge in [0.25, 0.3) is 5.91 Å². The molecule has 0 saturated carbocycles. The molecule has 1 aliphatic heterocycles. The van der Waals surface area contributed by atoms with Crippen molar-refractivity contribution in [3.8, 4) is 26.9 Å². The molecular weight excluding hydrogens is 536 g/mol. The number of nitrogens with two attached hydrogens (primary N) is 1. The van der Waals surface area contributed by atoms with E-state index >= 15 is 0 Å². The zero-order valence-electron chi connectivity index (χ0n) is 21.0. The summed E-state index contributed by atoms with van der Waals surface area (Å²) < 4.78 is 10.7. The Balaban J connectivity index is 1.24. The van der Waals surface area contributed by atoms with E-state index in [9.17, 15) is 9.59 Å². The van der Waals surface area contributed by atoms with Gasteiger partial charge in [-0.25, -0.2) is 14.8 Å². The fraction of sp³-hybridized carbons (Fsp3) is 0.185. The van der Waals surface area contributed by atoms with Crippen LogP contribution in [-0.4, -0.2) is 41.7 Å². The van der Waals surface area contributed by atoms with Gasteiger partial charge in [-0.15, -0.1) is 11.3 Å². The van der Waals surface area contributed by atoms with Crippen LogP contribution in [0.15, 0.2) is 66.2 Å². The molecule has 3 heterocycles. The number of nitrogens with one attached hydrogen (secondary N) is 3. The second kappa shape index (κ2) is 12.0. The zero-order valence-corrected chi connectivity index (χ0v) is 22.6. The Kier molecular flexibility index (Phi) is 8.04. The van der Waals surface area contributed by atoms with Crippen LogP contribution in [0.3, 0.4) is 0 Å². The topological polar surface area (TPSA) is 140 Å². The fourth-order valence-corrected chi connectivity index (χ4v) is 5.66. The number of amides is 3. The molecule has 1 unspecified atom stereocenters. The van der Waals surface area contributed by atoms with Crippen LogP contribution in [0.25, 0.3) is 21.1 Å². The molecule has 1 atom stereocenters. The summed E-state index contributed by atoms with van der Waals surface area (Å²) in [7, 11) is 1.56. The number of rotatable bonds is 8. The molecule has 5 rings (SSSR count). The molecule has 1 aliphatic rings. The first-order valence-electron chi connectivity index (χ1n) is 12.1. The van der Waals surface area contributed by atoms with E-state index in [0.717, 1.165) is 24.1 Å². The lowest BCUT2D eigenvalue weighted by Gasteiger charge is -2.19. The molecule has 4 aromatic rings. The van der Waals surface area contributed by atoms with Crippen molar-refractivity contribution in [3.05, 3.63) is 71.8 Å². The van der Waals surface area contributed by atoms with Gasteiger partial charge in [-0.1, -0.05) is 29.5 Å². The van der Waals surface area contributed by atoms with E-state index in [1.54, 1.807) is 37.6 Å². The number of carbonyl (C=O) groups excluding carboxylic acids is 2. The molecule has 0 radical (unpaired) electrons. The van der Waals surface area contributed by atoms with Gasteiger partial charge in [-0.2, -0.15) is 0 Å². The van der Waals surface area contributed by atoms with Crippen LogP contribution in [-0.2, 0) is 4.74 Å². The van der Waals surface area contributed by atoms with Crippen molar-refractivity contribution < 1.29 is 19.1 Å². The van der Waals surface area contributed by atoms with Crippen molar-refractivity contribution in [3.63, 3.8) is 0 Å². The summed E-state index contributed by atoms with van der Waals surface area (Å²) in [4.78, 5) is 34.7. The second-order valence-corrected chi connectivity index (χ2v) is 10.4. The van der Waals surface area contributed by atoms with Gasteiger partial charge in [-0.05, 0) is 49.2 Å². The van der Waals surface area contributed by atoms with Crippen LogP contribution < -0.4 is 26.4 Å². The molecule has 0 spiro atoms. The average Bonchev–Trinajstić information content (AvgIpc) is 3.59. The third kappa shape index (κ3) is 6.54. The molecule has 0 bridgehead atoms. The van der Waals surface area contributed by atoms with Gasteiger partial charge in [-0.3, -0.25) is 10.1 Å². The number of nitrogen functional groups attached to an aromatic ring is 1. The van der Waals surface area contributed by atoms with Crippen molar-refractivity contribution in [2.75, 3.05) is 30.0 Å². The first-order valence-corrected chi connectivity index (χ1v) is 13.8. The predicted octanol–water partition coefficient (Wildman–Crippen LogP) is 5.59. The largest absolute Gasteiger partial charge is 0.497 e. The van der Waals surface area contributed by atoms with Gasteiger partial charge in [0.05, 0.1) is 25.6 Å². The third-order valence-electron chi connectivity index (χ3n) is 5.83. The summed E-state index contributed by atoms with van der Waals surface area (Å²) in [5.74, 6) is 0.658. The standard InChI is InChI=1S/C27H26N6O4S2/c1-36-19-10-5-7-17(13-19)24(34)30-18-8-4-6-16(12-18)21-15-38-25(31-21)22-23(28)32-27(39-22)33-26(35)29-14-20-9-2-3-11-37-20/h3-8,10-13,15,20H,2,9,14,28H2,1H3,(H,30,34)(H2,29,32,33,35). The number of thiazole rings is 2. The van der Waals surface area contributed by atoms with Crippen LogP contribution in [0, 0.1) is 0 Å². The number of anilines is 3. The fourth-order valence-electron chi connectivity index (χ4n) is 3.86. The number of aromatic nitrogens is 2. The molecule has 10 nitrogen and oxygen atoms in total. The lowest BCUT2D eigenvalue weighted by molar-refractivity contribution is 0.102. The maximum atomic E-state index is 12.7. The van der Waals surface area contributed by atoms with Crippen molar-refractivity contribution in [1.82, 2.24) is 15.3 Å². The first-order chi connectivity index (χ1) is 19.0. The molecule has 3 amide bonds. The van der Waals surface area contributed by atoms with Crippen LogP contribution in [0.5, 0.6) is 5.75 Å². The Morgan fingerprint density at radius 3 is 2.85 bits per heavy atom. The number of urea groups is 1. The summed E-state index contributed by atoms with van der Waals surface area (Å²) >= 11 is 2.67. The Hall–Kier alpha value is -4.42. The third-order valence-corrected chi connectivity index (χ3v) is 7.82.